The molecule has 0 bridgehead atoms. The Bertz CT molecular complexity index is 389. The van der Waals surface area contributed by atoms with Gasteiger partial charge in [0.25, 0.3) is 0 Å². The molecule has 82 valence electrons. The number of hydrogen-bond acceptors (Lipinski definition) is 3. The van der Waals surface area contributed by atoms with Crippen molar-refractivity contribution < 1.29 is 27.9 Å². The van der Waals surface area contributed by atoms with E-state index in [4.69, 9.17) is 5.11 Å². The molecule has 0 saturated carbocycles. The second-order valence-corrected chi connectivity index (χ2v) is 4.21. The molecule has 2 aliphatic heterocycles. The number of carboxylic acids is 1. The highest BCUT2D eigenvalue weighted by Crippen LogP contribution is 2.51. The number of amides is 1. The summed E-state index contributed by atoms with van der Waals surface area (Å²) in [7, 11) is 0. The fraction of sp³-hybridized carbons (Fsp3) is 0.429. The largest absolute Gasteiger partial charge is 0.477 e. The number of nitrogens with zero attached hydrogens (tertiary/aromatic N) is 1. The number of β-lactam (4-membered cyclic amide) rings is 1. The Hall–Kier alpha value is -1.18. The third-order valence-electron chi connectivity index (χ3n) is 2.08. The zero-order valence-electron chi connectivity index (χ0n) is 7.04. The number of fused-ring (bicyclic) bond motifs is 1. The van der Waals surface area contributed by atoms with Crippen LogP contribution < -0.4 is 0 Å². The van der Waals surface area contributed by atoms with Gasteiger partial charge in [0.05, 0.1) is 11.8 Å². The van der Waals surface area contributed by atoms with Gasteiger partial charge >= 0.3 is 12.1 Å². The maximum absolute atomic E-state index is 12.4. The second kappa shape index (κ2) is 2.91. The van der Waals surface area contributed by atoms with E-state index in [1.165, 1.54) is 0 Å². The monoisotopic (exact) mass is 239 g/mol. The van der Waals surface area contributed by atoms with Crippen LogP contribution >= 0.6 is 11.8 Å². The van der Waals surface area contributed by atoms with Crippen molar-refractivity contribution >= 4 is 23.6 Å². The van der Waals surface area contributed by atoms with Crippen molar-refractivity contribution in [2.45, 2.75) is 18.0 Å². The molecular weight excluding hydrogens is 235 g/mol. The maximum atomic E-state index is 12.4. The van der Waals surface area contributed by atoms with Crippen molar-refractivity contribution in [1.82, 2.24) is 4.90 Å². The number of carboxylic acid groups (broad SMARTS) is 1. The molecule has 1 saturated heterocycles. The Labute approximate surface area is 85.7 Å². The van der Waals surface area contributed by atoms with Crippen LogP contribution in [0.15, 0.2) is 10.6 Å². The Morgan fingerprint density at radius 2 is 2.13 bits per heavy atom. The van der Waals surface area contributed by atoms with E-state index in [-0.39, 0.29) is 6.42 Å². The fourth-order valence-electron chi connectivity index (χ4n) is 1.45. The quantitative estimate of drug-likeness (QED) is 0.697. The number of halogens is 3. The summed E-state index contributed by atoms with van der Waals surface area (Å²) in [5.74, 6) is -2.30. The summed E-state index contributed by atoms with van der Waals surface area (Å²) < 4.78 is 37.2. The topological polar surface area (TPSA) is 57.6 Å². The van der Waals surface area contributed by atoms with E-state index >= 15 is 0 Å². The molecule has 1 atom stereocenters. The predicted octanol–water partition coefficient (Wildman–Crippen LogP) is 1.15. The predicted molar refractivity (Wildman–Crippen MR) is 43.6 cm³/mol. The van der Waals surface area contributed by atoms with E-state index in [1.54, 1.807) is 0 Å². The van der Waals surface area contributed by atoms with E-state index in [1.807, 2.05) is 0 Å². The number of aliphatic carboxylic acids is 1. The van der Waals surface area contributed by atoms with E-state index < -0.39 is 34.0 Å². The van der Waals surface area contributed by atoms with Gasteiger partial charge in [-0.3, -0.25) is 9.69 Å². The summed E-state index contributed by atoms with van der Waals surface area (Å²) in [6.07, 6.45) is -4.75. The number of rotatable bonds is 1. The van der Waals surface area contributed by atoms with Crippen molar-refractivity contribution in [1.29, 1.82) is 0 Å². The van der Waals surface area contributed by atoms with Crippen molar-refractivity contribution in [3.8, 4) is 0 Å². The highest BCUT2D eigenvalue weighted by atomic mass is 32.2. The van der Waals surface area contributed by atoms with Gasteiger partial charge < -0.3 is 5.11 Å². The lowest BCUT2D eigenvalue weighted by atomic mass is 10.1. The third kappa shape index (κ3) is 1.39. The molecule has 0 aliphatic carbocycles. The first-order valence-corrected chi connectivity index (χ1v) is 4.74. The highest BCUT2D eigenvalue weighted by Gasteiger charge is 2.55. The van der Waals surface area contributed by atoms with Gasteiger partial charge in [0.1, 0.15) is 10.6 Å². The Balaban J connectivity index is 2.44. The summed E-state index contributed by atoms with van der Waals surface area (Å²) in [6, 6.07) is 0. The minimum absolute atomic E-state index is 0.0406. The number of alkyl halides is 3. The normalized spacial score (nSPS) is 25.4. The first-order valence-electron chi connectivity index (χ1n) is 3.86. The van der Waals surface area contributed by atoms with Gasteiger partial charge in [-0.25, -0.2) is 4.79 Å². The first kappa shape index (κ1) is 10.3. The number of allylic oxidation sites excluding steroid dienone is 1. The van der Waals surface area contributed by atoms with Gasteiger partial charge in [-0.2, -0.15) is 13.2 Å². The van der Waals surface area contributed by atoms with Crippen LogP contribution in [0.5, 0.6) is 0 Å². The smallest absolute Gasteiger partial charge is 0.424 e. The van der Waals surface area contributed by atoms with Crippen LogP contribution in [-0.2, 0) is 9.59 Å². The van der Waals surface area contributed by atoms with Crippen LogP contribution in [0.25, 0.3) is 0 Å². The lowest BCUT2D eigenvalue weighted by Crippen LogP contribution is -2.48. The minimum Gasteiger partial charge on any atom is -0.477 e. The van der Waals surface area contributed by atoms with Gasteiger partial charge in [0, 0.05) is 0 Å². The Kier molecular flexibility index (Phi) is 2.00. The van der Waals surface area contributed by atoms with Crippen LogP contribution in [0, 0.1) is 0 Å². The molecule has 0 unspecified atom stereocenters. The van der Waals surface area contributed by atoms with Crippen molar-refractivity contribution in [2.24, 2.45) is 0 Å². The molecule has 15 heavy (non-hydrogen) atoms. The van der Waals surface area contributed by atoms with Crippen LogP contribution in [-0.4, -0.2) is 33.4 Å². The van der Waals surface area contributed by atoms with Gasteiger partial charge in [0.15, 0.2) is 0 Å². The number of thioether (sulfide) groups is 1. The number of carbonyl (C=O) groups is 2. The van der Waals surface area contributed by atoms with E-state index in [0.717, 1.165) is 0 Å². The molecule has 1 amide bonds. The van der Waals surface area contributed by atoms with Crippen molar-refractivity contribution in [3.05, 3.63) is 10.6 Å². The third-order valence-corrected chi connectivity index (χ3v) is 3.39. The molecule has 2 heterocycles. The molecule has 2 rings (SSSR count). The highest BCUT2D eigenvalue weighted by molar-refractivity contribution is 8.04. The molecule has 0 spiro atoms. The average Bonchev–Trinajstić information content (AvgIpc) is 2.36. The van der Waals surface area contributed by atoms with Crippen LogP contribution in [0.4, 0.5) is 13.2 Å². The molecule has 1 N–H and O–H groups in total. The SMILES string of the molecule is O=C(O)C1=C(C(F)(F)F)S[C@@H]2CC(=O)N12. The van der Waals surface area contributed by atoms with Gasteiger partial charge in [0.2, 0.25) is 5.91 Å². The zero-order valence-corrected chi connectivity index (χ0v) is 7.85. The minimum atomic E-state index is -4.71. The van der Waals surface area contributed by atoms with Crippen LogP contribution in [0.1, 0.15) is 6.42 Å². The summed E-state index contributed by atoms with van der Waals surface area (Å²) >= 11 is 0.386. The Morgan fingerprint density at radius 1 is 1.53 bits per heavy atom. The fourth-order valence-corrected chi connectivity index (χ4v) is 2.71. The van der Waals surface area contributed by atoms with Crippen molar-refractivity contribution in [3.63, 3.8) is 0 Å². The van der Waals surface area contributed by atoms with E-state index in [9.17, 15) is 22.8 Å². The molecule has 0 aromatic heterocycles. The molecule has 1 fully saturated rings. The van der Waals surface area contributed by atoms with E-state index in [2.05, 4.69) is 0 Å². The molecule has 0 radical (unpaired) electrons. The van der Waals surface area contributed by atoms with Gasteiger partial charge in [-0.05, 0) is 0 Å². The lowest BCUT2D eigenvalue weighted by Gasteiger charge is -2.33. The molecule has 0 aromatic carbocycles. The molecular formula is C7H4F3NO3S. The van der Waals surface area contributed by atoms with Crippen LogP contribution in [0.2, 0.25) is 0 Å². The van der Waals surface area contributed by atoms with E-state index in [0.29, 0.717) is 16.7 Å². The van der Waals surface area contributed by atoms with Crippen LogP contribution in [0.3, 0.4) is 0 Å². The average molecular weight is 239 g/mol. The first-order chi connectivity index (χ1) is 6.82. The molecule has 4 nitrogen and oxygen atoms in total. The van der Waals surface area contributed by atoms with Gasteiger partial charge in [-0.1, -0.05) is 11.8 Å². The summed E-state index contributed by atoms with van der Waals surface area (Å²) in [4.78, 5) is 21.1. The maximum Gasteiger partial charge on any atom is 0.424 e. The molecule has 8 heteroatoms. The summed E-state index contributed by atoms with van der Waals surface area (Å²) in [5.41, 5.74) is -0.936. The lowest BCUT2D eigenvalue weighted by molar-refractivity contribution is -0.146. The standard InChI is InChI=1S/C7H4F3NO3S/c8-7(9,10)5-4(6(13)14)11-2(12)1-3(11)15-5/h3H,1H2,(H,13,14)/t3-/m1/s1. The number of hydrogen-bond donors (Lipinski definition) is 1. The summed E-state index contributed by atoms with van der Waals surface area (Å²) in [5, 5.41) is 7.93. The molecule has 0 aromatic rings. The Morgan fingerprint density at radius 3 is 2.53 bits per heavy atom. The zero-order chi connectivity index (χ0) is 11.4. The second-order valence-electron chi connectivity index (χ2n) is 3.02. The van der Waals surface area contributed by atoms with Gasteiger partial charge in [-0.15, -0.1) is 0 Å². The number of carbonyl (C=O) groups excluding carboxylic acids is 1. The van der Waals surface area contributed by atoms with Crippen molar-refractivity contribution in [2.75, 3.05) is 0 Å². The summed E-state index contributed by atoms with van der Waals surface area (Å²) in [6.45, 7) is 0. The molecule has 2 aliphatic rings.